The molecule has 0 aliphatic carbocycles. The highest BCUT2D eigenvalue weighted by Crippen LogP contribution is 2.09. The van der Waals surface area contributed by atoms with E-state index in [0.29, 0.717) is 0 Å². The minimum absolute atomic E-state index is 0.00924. The minimum Gasteiger partial charge on any atom is -0.342 e. The molecule has 0 aromatic carbocycles. The Morgan fingerprint density at radius 1 is 1.46 bits per heavy atom. The highest BCUT2D eigenvalue weighted by atomic mass is 16.1. The molecule has 3 nitrogen and oxygen atoms in total. The fourth-order valence-corrected chi connectivity index (χ4v) is 0.855. The SMILES string of the molecule is C#CC(C)NC(=O)C(C#N)C(C)C. The number of amides is 1. The number of hydrogen-bond donors (Lipinski definition) is 1. The van der Waals surface area contributed by atoms with Crippen molar-refractivity contribution in [2.45, 2.75) is 26.8 Å². The zero-order chi connectivity index (χ0) is 10.4. The van der Waals surface area contributed by atoms with E-state index in [9.17, 15) is 4.79 Å². The van der Waals surface area contributed by atoms with Crippen LogP contribution in [0.3, 0.4) is 0 Å². The fourth-order valence-electron chi connectivity index (χ4n) is 0.855. The van der Waals surface area contributed by atoms with Gasteiger partial charge in [0.1, 0.15) is 5.92 Å². The smallest absolute Gasteiger partial charge is 0.238 e. The lowest BCUT2D eigenvalue weighted by Crippen LogP contribution is -2.37. The predicted octanol–water partition coefficient (Wildman–Crippen LogP) is 0.920. The third kappa shape index (κ3) is 3.62. The van der Waals surface area contributed by atoms with Gasteiger partial charge in [0.15, 0.2) is 0 Å². The van der Waals surface area contributed by atoms with Crippen molar-refractivity contribution in [2.24, 2.45) is 11.8 Å². The largest absolute Gasteiger partial charge is 0.342 e. The standard InChI is InChI=1S/C10H14N2O/c1-5-8(4)12-10(13)9(6-11)7(2)3/h1,7-9H,2-4H3,(H,12,13). The molecule has 3 heteroatoms. The molecule has 2 atom stereocenters. The van der Waals surface area contributed by atoms with Crippen molar-refractivity contribution in [2.75, 3.05) is 0 Å². The summed E-state index contributed by atoms with van der Waals surface area (Å²) in [5.41, 5.74) is 0. The maximum atomic E-state index is 11.4. The Labute approximate surface area is 79.1 Å². The van der Waals surface area contributed by atoms with Gasteiger partial charge >= 0.3 is 0 Å². The molecule has 0 aliphatic rings. The first-order chi connectivity index (χ1) is 6.02. The molecular weight excluding hydrogens is 164 g/mol. The van der Waals surface area contributed by atoms with E-state index in [-0.39, 0.29) is 17.9 Å². The average Bonchev–Trinajstić information content (AvgIpc) is 2.04. The van der Waals surface area contributed by atoms with Gasteiger partial charge in [0.25, 0.3) is 0 Å². The van der Waals surface area contributed by atoms with Crippen LogP contribution in [-0.4, -0.2) is 11.9 Å². The number of carbonyl (C=O) groups excluding carboxylic acids is 1. The Morgan fingerprint density at radius 2 is 2.00 bits per heavy atom. The van der Waals surface area contributed by atoms with Crippen molar-refractivity contribution < 1.29 is 4.79 Å². The number of hydrogen-bond acceptors (Lipinski definition) is 2. The topological polar surface area (TPSA) is 52.9 Å². The summed E-state index contributed by atoms with van der Waals surface area (Å²) in [5, 5.41) is 11.3. The molecule has 0 aromatic rings. The number of nitrogens with one attached hydrogen (secondary N) is 1. The number of nitrogens with zero attached hydrogens (tertiary/aromatic N) is 1. The van der Waals surface area contributed by atoms with Crippen LogP contribution in [0.25, 0.3) is 0 Å². The fraction of sp³-hybridized carbons (Fsp3) is 0.600. The average molecular weight is 178 g/mol. The lowest BCUT2D eigenvalue weighted by molar-refractivity contribution is -0.124. The summed E-state index contributed by atoms with van der Waals surface area (Å²) in [7, 11) is 0. The monoisotopic (exact) mass is 178 g/mol. The molecule has 13 heavy (non-hydrogen) atoms. The molecule has 0 aromatic heterocycles. The number of carbonyl (C=O) groups is 1. The van der Waals surface area contributed by atoms with Gasteiger partial charge in [-0.1, -0.05) is 19.8 Å². The minimum atomic E-state index is -0.615. The highest BCUT2D eigenvalue weighted by molar-refractivity contribution is 5.81. The summed E-state index contributed by atoms with van der Waals surface area (Å²) in [5.74, 6) is 1.48. The Morgan fingerprint density at radius 3 is 2.31 bits per heavy atom. The normalized spacial score (nSPS) is 14.0. The Hall–Kier alpha value is -1.48. The molecule has 0 spiro atoms. The van der Waals surface area contributed by atoms with Gasteiger partial charge in [-0.3, -0.25) is 4.79 Å². The van der Waals surface area contributed by atoms with Crippen LogP contribution in [0, 0.1) is 35.5 Å². The molecular formula is C10H14N2O. The quantitative estimate of drug-likeness (QED) is 0.653. The number of rotatable bonds is 3. The first-order valence-corrected chi connectivity index (χ1v) is 4.19. The van der Waals surface area contributed by atoms with E-state index in [1.165, 1.54) is 0 Å². The van der Waals surface area contributed by atoms with Crippen LogP contribution in [0.2, 0.25) is 0 Å². The molecule has 2 unspecified atom stereocenters. The van der Waals surface area contributed by atoms with Gasteiger partial charge in [0.2, 0.25) is 5.91 Å². The molecule has 70 valence electrons. The third-order valence-corrected chi connectivity index (χ3v) is 1.70. The second-order valence-electron chi connectivity index (χ2n) is 3.25. The molecule has 0 fully saturated rings. The van der Waals surface area contributed by atoms with Crippen molar-refractivity contribution >= 4 is 5.91 Å². The molecule has 0 saturated carbocycles. The maximum absolute atomic E-state index is 11.4. The first kappa shape index (κ1) is 11.5. The number of terminal acetylenes is 1. The van der Waals surface area contributed by atoms with Gasteiger partial charge in [0, 0.05) is 0 Å². The summed E-state index contributed by atoms with van der Waals surface area (Å²) < 4.78 is 0. The van der Waals surface area contributed by atoms with E-state index < -0.39 is 5.92 Å². The van der Waals surface area contributed by atoms with Crippen molar-refractivity contribution in [3.05, 3.63) is 0 Å². The zero-order valence-corrected chi connectivity index (χ0v) is 8.16. The van der Waals surface area contributed by atoms with Gasteiger partial charge in [0.05, 0.1) is 12.1 Å². The second-order valence-corrected chi connectivity index (χ2v) is 3.25. The van der Waals surface area contributed by atoms with Crippen LogP contribution in [0.4, 0.5) is 0 Å². The molecule has 0 radical (unpaired) electrons. The van der Waals surface area contributed by atoms with Gasteiger partial charge in [-0.05, 0) is 12.8 Å². The van der Waals surface area contributed by atoms with Gasteiger partial charge < -0.3 is 5.32 Å². The van der Waals surface area contributed by atoms with Crippen LogP contribution in [-0.2, 0) is 4.79 Å². The summed E-state index contributed by atoms with van der Waals surface area (Å²) in [4.78, 5) is 11.4. The molecule has 1 amide bonds. The van der Waals surface area contributed by atoms with Crippen LogP contribution >= 0.6 is 0 Å². The summed E-state index contributed by atoms with van der Waals surface area (Å²) >= 11 is 0. The summed E-state index contributed by atoms with van der Waals surface area (Å²) in [6.45, 7) is 5.36. The first-order valence-electron chi connectivity index (χ1n) is 4.19. The summed E-state index contributed by atoms with van der Waals surface area (Å²) in [6.07, 6.45) is 5.09. The van der Waals surface area contributed by atoms with Crippen LogP contribution in [0.5, 0.6) is 0 Å². The molecule has 0 bridgehead atoms. The molecule has 0 heterocycles. The van der Waals surface area contributed by atoms with Crippen LogP contribution in [0.15, 0.2) is 0 Å². The van der Waals surface area contributed by atoms with Gasteiger partial charge in [-0.25, -0.2) is 0 Å². The van der Waals surface area contributed by atoms with E-state index in [4.69, 9.17) is 11.7 Å². The second kappa shape index (κ2) is 5.22. The zero-order valence-electron chi connectivity index (χ0n) is 8.16. The van der Waals surface area contributed by atoms with Gasteiger partial charge in [-0.15, -0.1) is 6.42 Å². The maximum Gasteiger partial charge on any atom is 0.238 e. The Bertz CT molecular complexity index is 257. The Kier molecular flexibility index (Phi) is 4.62. The van der Waals surface area contributed by atoms with Gasteiger partial charge in [-0.2, -0.15) is 5.26 Å². The van der Waals surface area contributed by atoms with E-state index in [1.54, 1.807) is 6.92 Å². The molecule has 1 N–H and O–H groups in total. The third-order valence-electron chi connectivity index (χ3n) is 1.70. The molecule has 0 aliphatic heterocycles. The van der Waals surface area contributed by atoms with E-state index in [0.717, 1.165) is 0 Å². The lowest BCUT2D eigenvalue weighted by Gasteiger charge is -2.14. The van der Waals surface area contributed by atoms with Crippen molar-refractivity contribution in [1.82, 2.24) is 5.32 Å². The van der Waals surface area contributed by atoms with Crippen LogP contribution in [0.1, 0.15) is 20.8 Å². The highest BCUT2D eigenvalue weighted by Gasteiger charge is 2.22. The molecule has 0 rings (SSSR count). The number of nitriles is 1. The van der Waals surface area contributed by atoms with Crippen molar-refractivity contribution in [3.63, 3.8) is 0 Å². The van der Waals surface area contributed by atoms with Crippen molar-refractivity contribution in [1.29, 1.82) is 5.26 Å². The predicted molar refractivity (Wildman–Crippen MR) is 50.4 cm³/mol. The molecule has 0 saturated heterocycles. The van der Waals surface area contributed by atoms with Crippen LogP contribution < -0.4 is 5.32 Å². The van der Waals surface area contributed by atoms with E-state index >= 15 is 0 Å². The van der Waals surface area contributed by atoms with Crippen molar-refractivity contribution in [3.8, 4) is 18.4 Å². The summed E-state index contributed by atoms with van der Waals surface area (Å²) in [6, 6.07) is 1.63. The van der Waals surface area contributed by atoms with E-state index in [2.05, 4.69) is 11.2 Å². The Balaban J connectivity index is 4.27. The van der Waals surface area contributed by atoms with E-state index in [1.807, 2.05) is 19.9 Å². The lowest BCUT2D eigenvalue weighted by atomic mass is 9.96.